The molecule has 3 rings (SSSR count). The topological polar surface area (TPSA) is 23.8 Å². The van der Waals surface area contributed by atoms with Crippen LogP contribution in [0.1, 0.15) is 121 Å². The Labute approximate surface area is 186 Å². The third-order valence-corrected chi connectivity index (χ3v) is 8.28. The van der Waals surface area contributed by atoms with E-state index in [1.807, 2.05) is 0 Å². The van der Waals surface area contributed by atoms with Gasteiger partial charge in [-0.1, -0.05) is 76.6 Å². The summed E-state index contributed by atoms with van der Waals surface area (Å²) in [7, 11) is 0. The molecular formula is C29H45N. The number of unbranched alkanes of at least 4 members (excludes halogenated alkanes) is 2. The van der Waals surface area contributed by atoms with E-state index in [9.17, 15) is 5.26 Å². The molecule has 0 spiro atoms. The van der Waals surface area contributed by atoms with Gasteiger partial charge in [-0.15, -0.1) is 0 Å². The van der Waals surface area contributed by atoms with Crippen LogP contribution in [0.4, 0.5) is 0 Å². The molecule has 2 saturated carbocycles. The van der Waals surface area contributed by atoms with Crippen LogP contribution in [0.2, 0.25) is 0 Å². The fourth-order valence-corrected chi connectivity index (χ4v) is 6.26. The van der Waals surface area contributed by atoms with E-state index in [0.29, 0.717) is 11.8 Å². The van der Waals surface area contributed by atoms with Gasteiger partial charge in [0.25, 0.3) is 0 Å². The Morgan fingerprint density at radius 1 is 0.833 bits per heavy atom. The molecule has 0 saturated heterocycles. The van der Waals surface area contributed by atoms with Crippen LogP contribution < -0.4 is 0 Å². The molecule has 0 aromatic heterocycles. The number of nitrogens with zero attached hydrogens (tertiary/aromatic N) is 1. The van der Waals surface area contributed by atoms with Gasteiger partial charge in [-0.3, -0.25) is 0 Å². The van der Waals surface area contributed by atoms with Crippen LogP contribution in [0.5, 0.6) is 0 Å². The van der Waals surface area contributed by atoms with E-state index in [0.717, 1.165) is 17.8 Å². The molecule has 0 N–H and O–H groups in total. The van der Waals surface area contributed by atoms with Gasteiger partial charge in [0.05, 0.1) is 6.07 Å². The summed E-state index contributed by atoms with van der Waals surface area (Å²) < 4.78 is 0. The summed E-state index contributed by atoms with van der Waals surface area (Å²) in [6.45, 7) is 4.58. The van der Waals surface area contributed by atoms with E-state index < -0.39 is 0 Å². The van der Waals surface area contributed by atoms with Gasteiger partial charge in [0, 0.05) is 5.92 Å². The molecule has 2 aliphatic rings. The van der Waals surface area contributed by atoms with Crippen LogP contribution in [-0.2, 0) is 6.42 Å². The molecule has 1 aromatic rings. The van der Waals surface area contributed by atoms with Gasteiger partial charge in [0.15, 0.2) is 0 Å². The fraction of sp³-hybridized carbons (Fsp3) is 0.759. The number of nitriles is 1. The number of rotatable bonds is 10. The second-order valence-electron chi connectivity index (χ2n) is 10.5. The summed E-state index contributed by atoms with van der Waals surface area (Å²) in [6, 6.07) is 12.3. The second-order valence-corrected chi connectivity index (χ2v) is 10.5. The number of benzene rings is 1. The predicted octanol–water partition coefficient (Wildman–Crippen LogP) is 8.83. The molecule has 0 bridgehead atoms. The number of hydrogen-bond donors (Lipinski definition) is 0. The highest BCUT2D eigenvalue weighted by Gasteiger charge is 2.31. The Hall–Kier alpha value is -1.29. The Balaban J connectivity index is 1.42. The summed E-state index contributed by atoms with van der Waals surface area (Å²) >= 11 is 0. The normalized spacial score (nSPS) is 28.0. The molecule has 1 aromatic carbocycles. The molecule has 0 radical (unpaired) electrons. The lowest BCUT2D eigenvalue weighted by atomic mass is 9.70. The molecule has 1 nitrogen and oxygen atoms in total. The van der Waals surface area contributed by atoms with Crippen LogP contribution in [0.3, 0.4) is 0 Å². The quantitative estimate of drug-likeness (QED) is 0.355. The van der Waals surface area contributed by atoms with E-state index in [4.69, 9.17) is 0 Å². The van der Waals surface area contributed by atoms with E-state index in [2.05, 4.69) is 44.2 Å². The van der Waals surface area contributed by atoms with Crippen LogP contribution in [0.15, 0.2) is 24.3 Å². The van der Waals surface area contributed by atoms with Crippen molar-refractivity contribution in [1.82, 2.24) is 0 Å². The van der Waals surface area contributed by atoms with Gasteiger partial charge in [-0.25, -0.2) is 0 Å². The van der Waals surface area contributed by atoms with Crippen LogP contribution in [0, 0.1) is 35.0 Å². The highest BCUT2D eigenvalue weighted by Crippen LogP contribution is 2.42. The summed E-state index contributed by atoms with van der Waals surface area (Å²) in [4.78, 5) is 0. The Morgan fingerprint density at radius 2 is 1.50 bits per heavy atom. The largest absolute Gasteiger partial charge is 0.198 e. The minimum Gasteiger partial charge on any atom is -0.198 e. The molecule has 0 amide bonds. The van der Waals surface area contributed by atoms with E-state index in [-0.39, 0.29) is 0 Å². The van der Waals surface area contributed by atoms with Crippen molar-refractivity contribution in [2.24, 2.45) is 23.7 Å². The average molecular weight is 408 g/mol. The highest BCUT2D eigenvalue weighted by atomic mass is 14.4. The zero-order valence-electron chi connectivity index (χ0n) is 19.7. The summed E-state index contributed by atoms with van der Waals surface area (Å²) in [5, 5.41) is 9.86. The van der Waals surface area contributed by atoms with Gasteiger partial charge in [-0.05, 0) is 92.6 Å². The maximum Gasteiger partial charge on any atom is 0.0658 e. The molecule has 2 aliphatic carbocycles. The molecule has 0 aliphatic heterocycles. The Kier molecular flexibility index (Phi) is 9.77. The van der Waals surface area contributed by atoms with Crippen molar-refractivity contribution < 1.29 is 0 Å². The first-order chi connectivity index (χ1) is 14.7. The Bertz CT molecular complexity index is 623. The van der Waals surface area contributed by atoms with Crippen molar-refractivity contribution in [3.05, 3.63) is 35.4 Å². The van der Waals surface area contributed by atoms with Gasteiger partial charge in [0.1, 0.15) is 0 Å². The predicted molar refractivity (Wildman–Crippen MR) is 128 cm³/mol. The Morgan fingerprint density at radius 3 is 2.10 bits per heavy atom. The molecule has 1 unspecified atom stereocenters. The maximum atomic E-state index is 9.86. The molecular weight excluding hydrogens is 362 g/mol. The fourth-order valence-electron chi connectivity index (χ4n) is 6.26. The van der Waals surface area contributed by atoms with E-state index in [1.54, 1.807) is 5.56 Å². The maximum absolute atomic E-state index is 9.86. The third kappa shape index (κ3) is 6.87. The monoisotopic (exact) mass is 407 g/mol. The third-order valence-electron chi connectivity index (χ3n) is 8.28. The van der Waals surface area contributed by atoms with Crippen LogP contribution in [0.25, 0.3) is 0 Å². The summed E-state index contributed by atoms with van der Waals surface area (Å²) in [5.74, 6) is 3.47. The summed E-state index contributed by atoms with van der Waals surface area (Å²) in [5.41, 5.74) is 3.06. The van der Waals surface area contributed by atoms with Crippen molar-refractivity contribution in [1.29, 1.82) is 5.26 Å². The molecule has 1 atom stereocenters. The molecule has 30 heavy (non-hydrogen) atoms. The van der Waals surface area contributed by atoms with Crippen molar-refractivity contribution in [3.63, 3.8) is 0 Å². The first-order valence-corrected chi connectivity index (χ1v) is 13.2. The SMILES string of the molecule is CCCCCc1ccc(C2CCC(CC(C#N)C3CCC(CCC)CC3)CC2)cc1. The molecule has 2 fully saturated rings. The lowest BCUT2D eigenvalue weighted by Crippen LogP contribution is -2.24. The lowest BCUT2D eigenvalue weighted by molar-refractivity contribution is 0.189. The average Bonchev–Trinajstić information content (AvgIpc) is 2.79. The molecule has 1 heteroatoms. The first kappa shape index (κ1) is 23.4. The van der Waals surface area contributed by atoms with Crippen molar-refractivity contribution in [3.8, 4) is 6.07 Å². The standard InChI is InChI=1S/C29H45N/c1-3-5-6-8-24-11-15-26(16-12-24)27-19-13-25(14-20-27)21-29(22-30)28-17-9-23(7-4-2)10-18-28/h11-12,15-16,23,25,27-29H,3-10,13-14,17-21H2,1-2H3. The van der Waals surface area contributed by atoms with E-state index >= 15 is 0 Å². The van der Waals surface area contributed by atoms with Crippen LogP contribution in [-0.4, -0.2) is 0 Å². The summed E-state index contributed by atoms with van der Waals surface area (Å²) in [6.07, 6.45) is 19.7. The zero-order valence-corrected chi connectivity index (χ0v) is 19.7. The smallest absolute Gasteiger partial charge is 0.0658 e. The number of aryl methyl sites for hydroxylation is 1. The van der Waals surface area contributed by atoms with Crippen LogP contribution >= 0.6 is 0 Å². The molecule has 0 heterocycles. The van der Waals surface area contributed by atoms with Crippen molar-refractivity contribution >= 4 is 0 Å². The first-order valence-electron chi connectivity index (χ1n) is 13.2. The minimum atomic E-state index is 0.316. The van der Waals surface area contributed by atoms with Gasteiger partial charge >= 0.3 is 0 Å². The van der Waals surface area contributed by atoms with Crippen molar-refractivity contribution in [2.75, 3.05) is 0 Å². The highest BCUT2D eigenvalue weighted by molar-refractivity contribution is 5.26. The number of hydrogen-bond acceptors (Lipinski definition) is 1. The van der Waals surface area contributed by atoms with E-state index in [1.165, 1.54) is 102 Å². The zero-order chi connectivity index (χ0) is 21.2. The molecule has 166 valence electrons. The van der Waals surface area contributed by atoms with Gasteiger partial charge in [0.2, 0.25) is 0 Å². The van der Waals surface area contributed by atoms with Crippen molar-refractivity contribution in [2.45, 2.75) is 116 Å². The second kappa shape index (κ2) is 12.5. The minimum absolute atomic E-state index is 0.316. The van der Waals surface area contributed by atoms with Gasteiger partial charge < -0.3 is 0 Å². The lowest BCUT2D eigenvalue weighted by Gasteiger charge is -2.34. The van der Waals surface area contributed by atoms with Gasteiger partial charge in [-0.2, -0.15) is 5.26 Å².